The van der Waals surface area contributed by atoms with Crippen LogP contribution in [0.2, 0.25) is 0 Å². The van der Waals surface area contributed by atoms with Gasteiger partial charge in [-0.05, 0) is 39.2 Å². The average Bonchev–Trinajstić information content (AvgIpc) is 2.84. The normalized spacial score (nSPS) is 19.3. The molecule has 0 heterocycles. The monoisotopic (exact) mass is 198 g/mol. The zero-order valence-electron chi connectivity index (χ0n) is 10.2. The molecule has 1 saturated carbocycles. The molecular weight excluding hydrogens is 172 g/mol. The molecule has 0 aromatic heterocycles. The van der Waals surface area contributed by atoms with Crippen molar-refractivity contribution in [1.82, 2.24) is 10.2 Å². The first kappa shape index (κ1) is 12.0. The average molecular weight is 198 g/mol. The third kappa shape index (κ3) is 4.97. The molecule has 1 atom stereocenters. The Kier molecular flexibility index (Phi) is 4.90. The van der Waals surface area contributed by atoms with Gasteiger partial charge >= 0.3 is 0 Å². The van der Waals surface area contributed by atoms with Crippen LogP contribution in [0.4, 0.5) is 0 Å². The summed E-state index contributed by atoms with van der Waals surface area (Å²) in [6, 6.07) is 1.57. The van der Waals surface area contributed by atoms with E-state index in [2.05, 4.69) is 38.0 Å². The minimum absolute atomic E-state index is 0.669. The van der Waals surface area contributed by atoms with E-state index in [1.54, 1.807) is 0 Å². The molecule has 0 aromatic carbocycles. The first-order valence-corrected chi connectivity index (χ1v) is 6.03. The number of hydrogen-bond donors (Lipinski definition) is 1. The molecular formula is C12H26N2. The van der Waals surface area contributed by atoms with Crippen LogP contribution in [0.5, 0.6) is 0 Å². The van der Waals surface area contributed by atoms with E-state index in [0.29, 0.717) is 6.04 Å². The van der Waals surface area contributed by atoms with E-state index in [0.717, 1.165) is 18.5 Å². The molecule has 1 rings (SSSR count). The lowest BCUT2D eigenvalue weighted by Crippen LogP contribution is -2.35. The van der Waals surface area contributed by atoms with Gasteiger partial charge in [0.1, 0.15) is 0 Å². The number of nitrogens with zero attached hydrogens (tertiary/aromatic N) is 1. The summed E-state index contributed by atoms with van der Waals surface area (Å²) in [6.45, 7) is 9.20. The second kappa shape index (κ2) is 5.72. The van der Waals surface area contributed by atoms with Gasteiger partial charge in [0.05, 0.1) is 0 Å². The summed E-state index contributed by atoms with van der Waals surface area (Å²) in [4.78, 5) is 2.48. The first-order chi connectivity index (χ1) is 6.59. The van der Waals surface area contributed by atoms with Gasteiger partial charge in [0.15, 0.2) is 0 Å². The number of rotatable bonds is 7. The van der Waals surface area contributed by atoms with Gasteiger partial charge in [-0.1, -0.05) is 13.8 Å². The standard InChI is InChI=1S/C12H26N2/c1-10(2)9-11(3)13-7-8-14(4)12-5-6-12/h10-13H,5-9H2,1-4H3. The summed E-state index contributed by atoms with van der Waals surface area (Å²) in [6.07, 6.45) is 4.11. The molecule has 0 aromatic rings. The quantitative estimate of drug-likeness (QED) is 0.674. The highest BCUT2D eigenvalue weighted by Crippen LogP contribution is 2.24. The fourth-order valence-electron chi connectivity index (χ4n) is 1.98. The molecule has 1 aliphatic rings. The molecule has 2 heteroatoms. The van der Waals surface area contributed by atoms with Crippen LogP contribution in [-0.2, 0) is 0 Å². The van der Waals surface area contributed by atoms with E-state index in [4.69, 9.17) is 0 Å². The molecule has 0 radical (unpaired) electrons. The van der Waals surface area contributed by atoms with Crippen LogP contribution in [0.15, 0.2) is 0 Å². The number of nitrogens with one attached hydrogen (secondary N) is 1. The van der Waals surface area contributed by atoms with Gasteiger partial charge in [-0.2, -0.15) is 0 Å². The molecule has 84 valence electrons. The summed E-state index contributed by atoms with van der Waals surface area (Å²) in [5.74, 6) is 0.804. The highest BCUT2D eigenvalue weighted by Gasteiger charge is 2.25. The maximum atomic E-state index is 3.59. The predicted molar refractivity (Wildman–Crippen MR) is 62.6 cm³/mol. The fourth-order valence-corrected chi connectivity index (χ4v) is 1.98. The maximum Gasteiger partial charge on any atom is 0.0107 e. The lowest BCUT2D eigenvalue weighted by atomic mass is 10.1. The Morgan fingerprint density at radius 1 is 1.29 bits per heavy atom. The topological polar surface area (TPSA) is 15.3 Å². The lowest BCUT2D eigenvalue weighted by molar-refractivity contribution is 0.310. The van der Waals surface area contributed by atoms with Crippen molar-refractivity contribution >= 4 is 0 Å². The second-order valence-electron chi connectivity index (χ2n) is 5.20. The first-order valence-electron chi connectivity index (χ1n) is 6.03. The van der Waals surface area contributed by atoms with Gasteiger partial charge in [0.2, 0.25) is 0 Å². The van der Waals surface area contributed by atoms with Crippen LogP contribution in [0.25, 0.3) is 0 Å². The Labute approximate surface area is 89.1 Å². The van der Waals surface area contributed by atoms with Crippen molar-refractivity contribution in [3.05, 3.63) is 0 Å². The minimum atomic E-state index is 0.669. The molecule has 0 aliphatic heterocycles. The van der Waals surface area contributed by atoms with Gasteiger partial charge in [0.25, 0.3) is 0 Å². The maximum absolute atomic E-state index is 3.59. The van der Waals surface area contributed by atoms with Gasteiger partial charge in [-0.15, -0.1) is 0 Å². The SMILES string of the molecule is CC(C)CC(C)NCCN(C)C1CC1. The van der Waals surface area contributed by atoms with Gasteiger partial charge in [0, 0.05) is 25.2 Å². The van der Waals surface area contributed by atoms with Gasteiger partial charge in [-0.25, -0.2) is 0 Å². The predicted octanol–water partition coefficient (Wildman–Crippen LogP) is 2.10. The molecule has 1 unspecified atom stereocenters. The highest BCUT2D eigenvalue weighted by atomic mass is 15.2. The number of likely N-dealkylation sites (N-methyl/N-ethyl adjacent to an activating group) is 1. The van der Waals surface area contributed by atoms with Crippen LogP contribution in [-0.4, -0.2) is 37.1 Å². The third-order valence-corrected chi connectivity index (χ3v) is 2.95. The van der Waals surface area contributed by atoms with Crippen molar-refractivity contribution < 1.29 is 0 Å². The molecule has 1 fully saturated rings. The fraction of sp³-hybridized carbons (Fsp3) is 1.00. The van der Waals surface area contributed by atoms with Crippen molar-refractivity contribution in [2.45, 2.75) is 52.1 Å². The van der Waals surface area contributed by atoms with Crippen LogP contribution in [0.1, 0.15) is 40.0 Å². The lowest BCUT2D eigenvalue weighted by Gasteiger charge is -2.19. The Morgan fingerprint density at radius 3 is 2.43 bits per heavy atom. The van der Waals surface area contributed by atoms with Crippen LogP contribution in [0, 0.1) is 5.92 Å². The Hall–Kier alpha value is -0.0800. The van der Waals surface area contributed by atoms with E-state index >= 15 is 0 Å². The molecule has 2 nitrogen and oxygen atoms in total. The molecule has 1 aliphatic carbocycles. The van der Waals surface area contributed by atoms with Crippen LogP contribution < -0.4 is 5.32 Å². The highest BCUT2D eigenvalue weighted by molar-refractivity contribution is 4.82. The van der Waals surface area contributed by atoms with Crippen molar-refractivity contribution in [1.29, 1.82) is 0 Å². The molecule has 1 N–H and O–H groups in total. The minimum Gasteiger partial charge on any atom is -0.313 e. The summed E-state index contributed by atoms with van der Waals surface area (Å²) in [7, 11) is 2.24. The molecule has 0 amide bonds. The second-order valence-corrected chi connectivity index (χ2v) is 5.20. The largest absolute Gasteiger partial charge is 0.313 e. The van der Waals surface area contributed by atoms with Crippen LogP contribution in [0.3, 0.4) is 0 Å². The van der Waals surface area contributed by atoms with E-state index in [1.807, 2.05) is 0 Å². The molecule has 0 bridgehead atoms. The number of hydrogen-bond acceptors (Lipinski definition) is 2. The Morgan fingerprint density at radius 2 is 1.93 bits per heavy atom. The summed E-state index contributed by atoms with van der Waals surface area (Å²) < 4.78 is 0. The Bertz CT molecular complexity index is 152. The van der Waals surface area contributed by atoms with Gasteiger partial charge < -0.3 is 10.2 Å². The molecule has 14 heavy (non-hydrogen) atoms. The third-order valence-electron chi connectivity index (χ3n) is 2.95. The molecule has 0 spiro atoms. The smallest absolute Gasteiger partial charge is 0.0107 e. The molecule has 0 saturated heterocycles. The van der Waals surface area contributed by atoms with E-state index in [9.17, 15) is 0 Å². The van der Waals surface area contributed by atoms with Crippen molar-refractivity contribution in [2.75, 3.05) is 20.1 Å². The zero-order valence-corrected chi connectivity index (χ0v) is 10.2. The van der Waals surface area contributed by atoms with Crippen molar-refractivity contribution in [3.8, 4) is 0 Å². The van der Waals surface area contributed by atoms with Crippen LogP contribution >= 0.6 is 0 Å². The van der Waals surface area contributed by atoms with Crippen molar-refractivity contribution in [3.63, 3.8) is 0 Å². The summed E-state index contributed by atoms with van der Waals surface area (Å²) in [5, 5.41) is 3.59. The summed E-state index contributed by atoms with van der Waals surface area (Å²) in [5.41, 5.74) is 0. The van der Waals surface area contributed by atoms with E-state index < -0.39 is 0 Å². The zero-order chi connectivity index (χ0) is 10.6. The summed E-state index contributed by atoms with van der Waals surface area (Å²) >= 11 is 0. The van der Waals surface area contributed by atoms with E-state index in [1.165, 1.54) is 25.8 Å². The Balaban J connectivity index is 1.96. The van der Waals surface area contributed by atoms with E-state index in [-0.39, 0.29) is 0 Å². The van der Waals surface area contributed by atoms with Crippen molar-refractivity contribution in [2.24, 2.45) is 5.92 Å². The van der Waals surface area contributed by atoms with Gasteiger partial charge in [-0.3, -0.25) is 0 Å².